The van der Waals surface area contributed by atoms with Gasteiger partial charge >= 0.3 is 0 Å². The Hall–Kier alpha value is -0.500. The molecule has 0 aliphatic carbocycles. The van der Waals surface area contributed by atoms with Crippen LogP contribution in [-0.2, 0) is 0 Å². The highest BCUT2D eigenvalue weighted by molar-refractivity contribution is 7.80. The lowest BCUT2D eigenvalue weighted by Crippen LogP contribution is -1.75. The average molecular weight is 185 g/mol. The lowest BCUT2D eigenvalue weighted by atomic mass is 10.3. The van der Waals surface area contributed by atoms with Gasteiger partial charge in [0.25, 0.3) is 0 Å². The van der Waals surface area contributed by atoms with E-state index in [1.807, 2.05) is 26.3 Å². The van der Waals surface area contributed by atoms with Gasteiger partial charge in [0.2, 0.25) is 0 Å². The molecule has 70 valence electrons. The van der Waals surface area contributed by atoms with E-state index in [1.165, 1.54) is 6.42 Å². The lowest BCUT2D eigenvalue weighted by molar-refractivity contribution is 1.08. The van der Waals surface area contributed by atoms with Gasteiger partial charge < -0.3 is 0 Å². The van der Waals surface area contributed by atoms with E-state index in [9.17, 15) is 0 Å². The highest BCUT2D eigenvalue weighted by Crippen LogP contribution is 1.92. The number of hydrogen-bond acceptors (Lipinski definition) is 2. The van der Waals surface area contributed by atoms with Crippen LogP contribution in [0.15, 0.2) is 29.9 Å². The van der Waals surface area contributed by atoms with Crippen molar-refractivity contribution in [2.24, 2.45) is 4.99 Å². The van der Waals surface area contributed by atoms with Gasteiger partial charge in [-0.3, -0.25) is 4.99 Å². The minimum atomic E-state index is 0.778. The Morgan fingerprint density at radius 2 is 2.08 bits per heavy atom. The molecule has 1 heterocycles. The largest absolute Gasteiger partial charge is 0.269 e. The van der Waals surface area contributed by atoms with Crippen LogP contribution >= 0.6 is 12.6 Å². The van der Waals surface area contributed by atoms with Gasteiger partial charge in [-0.1, -0.05) is 26.0 Å². The second kappa shape index (κ2) is 16.8. The SMILES string of the molecule is C1=CN=CCC1.C=CCS.CC. The molecule has 0 saturated carbocycles. The van der Waals surface area contributed by atoms with Gasteiger partial charge in [-0.15, -0.1) is 6.58 Å². The highest BCUT2D eigenvalue weighted by atomic mass is 32.1. The number of thiol groups is 1. The topological polar surface area (TPSA) is 12.4 Å². The monoisotopic (exact) mass is 185 g/mol. The minimum Gasteiger partial charge on any atom is -0.269 e. The fourth-order valence-electron chi connectivity index (χ4n) is 0.442. The fourth-order valence-corrected chi connectivity index (χ4v) is 0.442. The molecule has 2 heteroatoms. The summed E-state index contributed by atoms with van der Waals surface area (Å²) in [5.74, 6) is 0.778. The highest BCUT2D eigenvalue weighted by Gasteiger charge is 1.78. The molecule has 0 saturated heterocycles. The Morgan fingerprint density at radius 1 is 1.50 bits per heavy atom. The van der Waals surface area contributed by atoms with Gasteiger partial charge in [0, 0.05) is 18.2 Å². The summed E-state index contributed by atoms with van der Waals surface area (Å²) < 4.78 is 0. The number of nitrogens with zero attached hydrogens (tertiary/aromatic N) is 1. The van der Waals surface area contributed by atoms with Crippen LogP contribution in [0.25, 0.3) is 0 Å². The van der Waals surface area contributed by atoms with Crippen molar-refractivity contribution >= 4 is 18.8 Å². The molecule has 0 amide bonds. The van der Waals surface area contributed by atoms with Gasteiger partial charge in [0.15, 0.2) is 0 Å². The van der Waals surface area contributed by atoms with Crippen LogP contribution in [0.4, 0.5) is 0 Å². The van der Waals surface area contributed by atoms with Crippen molar-refractivity contribution in [1.82, 2.24) is 0 Å². The maximum absolute atomic E-state index is 3.87. The summed E-state index contributed by atoms with van der Waals surface area (Å²) in [4.78, 5) is 3.87. The molecule has 1 nitrogen and oxygen atoms in total. The molecule has 0 aromatic heterocycles. The maximum Gasteiger partial charge on any atom is 0.0224 e. The van der Waals surface area contributed by atoms with E-state index >= 15 is 0 Å². The summed E-state index contributed by atoms with van der Waals surface area (Å²) in [5.41, 5.74) is 0. The number of allylic oxidation sites excluding steroid dienone is 1. The molecule has 0 aromatic carbocycles. The quantitative estimate of drug-likeness (QED) is 0.474. The smallest absolute Gasteiger partial charge is 0.0224 e. The van der Waals surface area contributed by atoms with Crippen LogP contribution in [0.5, 0.6) is 0 Å². The second-order valence-electron chi connectivity index (χ2n) is 1.77. The third-order valence-corrected chi connectivity index (χ3v) is 1.15. The van der Waals surface area contributed by atoms with Crippen LogP contribution in [0.2, 0.25) is 0 Å². The predicted molar refractivity (Wildman–Crippen MR) is 62.3 cm³/mol. The molecule has 0 N–H and O–H groups in total. The molecule has 0 unspecified atom stereocenters. The van der Waals surface area contributed by atoms with E-state index in [2.05, 4.69) is 30.3 Å². The number of hydrogen-bond donors (Lipinski definition) is 1. The van der Waals surface area contributed by atoms with E-state index in [4.69, 9.17) is 0 Å². The lowest BCUT2D eigenvalue weighted by Gasteiger charge is -1.87. The van der Waals surface area contributed by atoms with Gasteiger partial charge in [-0.25, -0.2) is 0 Å². The second-order valence-corrected chi connectivity index (χ2v) is 2.13. The number of aliphatic imine (C=N–C) groups is 1. The molecule has 0 atom stereocenters. The maximum atomic E-state index is 3.87. The van der Waals surface area contributed by atoms with E-state index in [1.54, 1.807) is 6.08 Å². The summed E-state index contributed by atoms with van der Waals surface area (Å²) >= 11 is 3.80. The van der Waals surface area contributed by atoms with Crippen molar-refractivity contribution < 1.29 is 0 Å². The van der Waals surface area contributed by atoms with Crippen LogP contribution in [-0.4, -0.2) is 12.0 Å². The normalized spacial score (nSPS) is 11.9. The Balaban J connectivity index is 0. The first-order valence-electron chi connectivity index (χ1n) is 4.30. The molecule has 0 aromatic rings. The predicted octanol–water partition coefficient (Wildman–Crippen LogP) is 3.49. The molecule has 0 spiro atoms. The van der Waals surface area contributed by atoms with Crippen molar-refractivity contribution in [3.8, 4) is 0 Å². The summed E-state index contributed by atoms with van der Waals surface area (Å²) in [6.45, 7) is 7.40. The molecule has 0 radical (unpaired) electrons. The standard InChI is InChI=1S/C5H7N.C3H6S.C2H6/c1-2-4-6-5-3-1;1-2-3-4;1-2/h2,4-5H,1,3H2;2,4H,1,3H2;1-2H3. The van der Waals surface area contributed by atoms with Gasteiger partial charge in [-0.2, -0.15) is 12.6 Å². The summed E-state index contributed by atoms with van der Waals surface area (Å²) in [6.07, 6.45) is 9.87. The molecule has 1 rings (SSSR count). The van der Waals surface area contributed by atoms with Crippen molar-refractivity contribution in [3.05, 3.63) is 24.9 Å². The molecule has 1 aliphatic rings. The van der Waals surface area contributed by atoms with Crippen molar-refractivity contribution in [2.45, 2.75) is 26.7 Å². The van der Waals surface area contributed by atoms with Gasteiger partial charge in [0.05, 0.1) is 0 Å². The molecule has 0 bridgehead atoms. The molecular weight excluding hydrogens is 166 g/mol. The first-order chi connectivity index (χ1) is 5.91. The Morgan fingerprint density at radius 3 is 2.17 bits per heavy atom. The van der Waals surface area contributed by atoms with Crippen LogP contribution in [0.1, 0.15) is 26.7 Å². The van der Waals surface area contributed by atoms with Crippen LogP contribution in [0.3, 0.4) is 0 Å². The van der Waals surface area contributed by atoms with Gasteiger partial charge in [0.1, 0.15) is 0 Å². The minimum absolute atomic E-state index is 0.778. The van der Waals surface area contributed by atoms with E-state index in [-0.39, 0.29) is 0 Å². The summed E-state index contributed by atoms with van der Waals surface area (Å²) in [7, 11) is 0. The number of rotatable bonds is 1. The third-order valence-electron chi connectivity index (χ3n) is 0.888. The van der Waals surface area contributed by atoms with Crippen LogP contribution < -0.4 is 0 Å². The van der Waals surface area contributed by atoms with Crippen molar-refractivity contribution in [3.63, 3.8) is 0 Å². The summed E-state index contributed by atoms with van der Waals surface area (Å²) in [5, 5.41) is 0. The first-order valence-corrected chi connectivity index (χ1v) is 4.93. The van der Waals surface area contributed by atoms with E-state index in [0.717, 1.165) is 12.2 Å². The van der Waals surface area contributed by atoms with Crippen LogP contribution in [0, 0.1) is 0 Å². The zero-order valence-corrected chi connectivity index (χ0v) is 8.93. The fraction of sp³-hybridized carbons (Fsp3) is 0.500. The molecule has 1 aliphatic heterocycles. The van der Waals surface area contributed by atoms with Crippen molar-refractivity contribution in [1.29, 1.82) is 0 Å². The van der Waals surface area contributed by atoms with E-state index < -0.39 is 0 Å². The molecular formula is C10H19NS. The Labute approximate surface area is 81.7 Å². The molecule has 12 heavy (non-hydrogen) atoms. The zero-order valence-electron chi connectivity index (χ0n) is 8.03. The Kier molecular flexibility index (Phi) is 19.7. The summed E-state index contributed by atoms with van der Waals surface area (Å²) in [6, 6.07) is 0. The Bertz CT molecular complexity index is 116. The average Bonchev–Trinajstić information content (AvgIpc) is 2.24. The zero-order chi connectivity index (χ0) is 9.66. The van der Waals surface area contributed by atoms with E-state index in [0.29, 0.717) is 0 Å². The molecule has 0 fully saturated rings. The first kappa shape index (κ1) is 14.0. The third kappa shape index (κ3) is 16.2. The van der Waals surface area contributed by atoms with Gasteiger partial charge in [-0.05, 0) is 12.8 Å². The van der Waals surface area contributed by atoms with Crippen molar-refractivity contribution in [2.75, 3.05) is 5.75 Å².